The van der Waals surface area contributed by atoms with Gasteiger partial charge in [0.05, 0.1) is 17.2 Å². The zero-order valence-corrected chi connectivity index (χ0v) is 17.3. The van der Waals surface area contributed by atoms with Gasteiger partial charge < -0.3 is 10.1 Å². The summed E-state index contributed by atoms with van der Waals surface area (Å²) >= 11 is 12.4. The van der Waals surface area contributed by atoms with Crippen LogP contribution in [-0.4, -0.2) is 7.11 Å². The Kier molecular flexibility index (Phi) is 5.91. The minimum Gasteiger partial charge on any atom is -0.497 e. The van der Waals surface area contributed by atoms with E-state index in [0.29, 0.717) is 22.0 Å². The van der Waals surface area contributed by atoms with Gasteiger partial charge >= 0.3 is 0 Å². The summed E-state index contributed by atoms with van der Waals surface area (Å²) in [6, 6.07) is 23.3. The van der Waals surface area contributed by atoms with E-state index in [1.807, 2.05) is 24.3 Å². The molecular formula is C24H23Cl2NO. The first kappa shape index (κ1) is 19.3. The summed E-state index contributed by atoms with van der Waals surface area (Å²) in [4.78, 5) is 0. The number of methoxy groups -OCH3 is 1. The molecule has 1 aliphatic carbocycles. The van der Waals surface area contributed by atoms with Crippen LogP contribution in [0.1, 0.15) is 47.1 Å². The van der Waals surface area contributed by atoms with E-state index in [-0.39, 0.29) is 0 Å². The molecule has 0 aliphatic heterocycles. The van der Waals surface area contributed by atoms with Crippen LogP contribution >= 0.6 is 23.2 Å². The number of ether oxygens (including phenoxy) is 1. The number of halogens is 2. The lowest BCUT2D eigenvalue weighted by Crippen LogP contribution is -2.26. The van der Waals surface area contributed by atoms with Gasteiger partial charge in [-0.15, -0.1) is 0 Å². The maximum absolute atomic E-state index is 6.27. The van der Waals surface area contributed by atoms with E-state index in [9.17, 15) is 0 Å². The molecule has 3 aromatic carbocycles. The Balaban J connectivity index is 1.54. The van der Waals surface area contributed by atoms with Gasteiger partial charge in [0.15, 0.2) is 0 Å². The van der Waals surface area contributed by atoms with E-state index >= 15 is 0 Å². The van der Waals surface area contributed by atoms with Crippen molar-refractivity contribution in [2.75, 3.05) is 7.11 Å². The highest BCUT2D eigenvalue weighted by Crippen LogP contribution is 2.42. The third-order valence-corrected chi connectivity index (χ3v) is 6.29. The maximum Gasteiger partial charge on any atom is 0.118 e. The summed E-state index contributed by atoms with van der Waals surface area (Å²) in [6.07, 6.45) is 2.16. The third kappa shape index (κ3) is 4.05. The fourth-order valence-corrected chi connectivity index (χ4v) is 4.37. The first-order valence-corrected chi connectivity index (χ1v) is 10.3. The fourth-order valence-electron chi connectivity index (χ4n) is 4.06. The normalized spacial score (nSPS) is 18.5. The molecule has 0 amide bonds. The largest absolute Gasteiger partial charge is 0.497 e. The predicted molar refractivity (Wildman–Crippen MR) is 117 cm³/mol. The molecule has 0 aromatic heterocycles. The Labute approximate surface area is 176 Å². The van der Waals surface area contributed by atoms with Crippen molar-refractivity contribution in [2.24, 2.45) is 0 Å². The van der Waals surface area contributed by atoms with Gasteiger partial charge in [-0.3, -0.25) is 0 Å². The van der Waals surface area contributed by atoms with E-state index in [0.717, 1.165) is 25.1 Å². The Bertz CT molecular complexity index is 955. The van der Waals surface area contributed by atoms with Gasteiger partial charge in [-0.05, 0) is 59.4 Å². The number of hydrogen-bond donors (Lipinski definition) is 1. The van der Waals surface area contributed by atoms with Crippen LogP contribution in [0.2, 0.25) is 10.0 Å². The van der Waals surface area contributed by atoms with E-state index in [2.05, 4.69) is 47.8 Å². The SMILES string of the molecule is COc1ccc(CNC2CCC(c3ccc(Cl)c(Cl)c3)c3ccccc32)cc1. The summed E-state index contributed by atoms with van der Waals surface area (Å²) in [5, 5.41) is 4.96. The van der Waals surface area contributed by atoms with Crippen LogP contribution in [0.25, 0.3) is 0 Å². The average Bonchev–Trinajstić information content (AvgIpc) is 2.74. The zero-order valence-electron chi connectivity index (χ0n) is 15.8. The van der Waals surface area contributed by atoms with Gasteiger partial charge in [0, 0.05) is 18.5 Å². The second-order valence-corrected chi connectivity index (χ2v) is 8.03. The predicted octanol–water partition coefficient (Wildman–Crippen LogP) is 6.76. The second-order valence-electron chi connectivity index (χ2n) is 7.21. The molecule has 0 bridgehead atoms. The minimum absolute atomic E-state index is 0.345. The second kappa shape index (κ2) is 8.57. The van der Waals surface area contributed by atoms with E-state index in [4.69, 9.17) is 27.9 Å². The molecule has 2 nitrogen and oxygen atoms in total. The molecular weight excluding hydrogens is 389 g/mol. The number of rotatable bonds is 5. The van der Waals surface area contributed by atoms with Gasteiger partial charge in [-0.2, -0.15) is 0 Å². The molecule has 2 atom stereocenters. The summed E-state index contributed by atoms with van der Waals surface area (Å²) in [5.41, 5.74) is 5.23. The van der Waals surface area contributed by atoms with Crippen molar-refractivity contribution in [2.45, 2.75) is 31.3 Å². The van der Waals surface area contributed by atoms with Crippen LogP contribution in [0.3, 0.4) is 0 Å². The van der Waals surface area contributed by atoms with Crippen molar-refractivity contribution in [1.82, 2.24) is 5.32 Å². The number of benzene rings is 3. The van der Waals surface area contributed by atoms with Crippen LogP contribution in [0, 0.1) is 0 Å². The molecule has 3 aromatic rings. The molecule has 144 valence electrons. The molecule has 1 aliphatic rings. The minimum atomic E-state index is 0.345. The molecule has 2 unspecified atom stereocenters. The van der Waals surface area contributed by atoms with Crippen LogP contribution < -0.4 is 10.1 Å². The number of hydrogen-bond acceptors (Lipinski definition) is 2. The first-order valence-electron chi connectivity index (χ1n) is 9.56. The summed E-state index contributed by atoms with van der Waals surface area (Å²) < 4.78 is 5.24. The van der Waals surface area contributed by atoms with Crippen molar-refractivity contribution in [3.63, 3.8) is 0 Å². The highest BCUT2D eigenvalue weighted by Gasteiger charge is 2.28. The highest BCUT2D eigenvalue weighted by molar-refractivity contribution is 6.42. The van der Waals surface area contributed by atoms with Crippen molar-refractivity contribution in [3.8, 4) is 5.75 Å². The van der Waals surface area contributed by atoms with Crippen LogP contribution in [-0.2, 0) is 6.54 Å². The fraction of sp³-hybridized carbons (Fsp3) is 0.250. The highest BCUT2D eigenvalue weighted by atomic mass is 35.5. The van der Waals surface area contributed by atoms with E-state index < -0.39 is 0 Å². The molecule has 0 radical (unpaired) electrons. The van der Waals surface area contributed by atoms with Gasteiger partial charge in [0.1, 0.15) is 5.75 Å². The van der Waals surface area contributed by atoms with Gasteiger partial charge in [0.25, 0.3) is 0 Å². The standard InChI is InChI=1S/C24H23Cl2NO/c1-28-18-9-6-16(7-10-18)15-27-24-13-11-19(20-4-2-3-5-21(20)24)17-8-12-22(25)23(26)14-17/h2-10,12,14,19,24,27H,11,13,15H2,1H3. The smallest absolute Gasteiger partial charge is 0.118 e. The Morgan fingerprint density at radius 2 is 1.64 bits per heavy atom. The lowest BCUT2D eigenvalue weighted by molar-refractivity contribution is 0.414. The maximum atomic E-state index is 6.27. The van der Waals surface area contributed by atoms with Crippen molar-refractivity contribution in [3.05, 3.63) is 99.0 Å². The Morgan fingerprint density at radius 3 is 2.36 bits per heavy atom. The lowest BCUT2D eigenvalue weighted by atomic mass is 9.76. The summed E-state index contributed by atoms with van der Waals surface area (Å²) in [5.74, 6) is 1.24. The summed E-state index contributed by atoms with van der Waals surface area (Å²) in [6.45, 7) is 0.834. The zero-order chi connectivity index (χ0) is 19.5. The quantitative estimate of drug-likeness (QED) is 0.500. The number of nitrogens with one attached hydrogen (secondary N) is 1. The van der Waals surface area contributed by atoms with Crippen LogP contribution in [0.4, 0.5) is 0 Å². The van der Waals surface area contributed by atoms with Crippen molar-refractivity contribution < 1.29 is 4.74 Å². The van der Waals surface area contributed by atoms with Crippen LogP contribution in [0.5, 0.6) is 5.75 Å². The molecule has 0 heterocycles. The Morgan fingerprint density at radius 1 is 0.893 bits per heavy atom. The monoisotopic (exact) mass is 411 g/mol. The molecule has 4 heteroatoms. The molecule has 4 rings (SSSR count). The third-order valence-electron chi connectivity index (χ3n) is 5.55. The molecule has 28 heavy (non-hydrogen) atoms. The van der Waals surface area contributed by atoms with E-state index in [1.165, 1.54) is 22.3 Å². The lowest BCUT2D eigenvalue weighted by Gasteiger charge is -2.33. The molecule has 0 saturated carbocycles. The number of fused-ring (bicyclic) bond motifs is 1. The molecule has 0 fully saturated rings. The average molecular weight is 412 g/mol. The Hall–Kier alpha value is -2.00. The van der Waals surface area contributed by atoms with Gasteiger partial charge in [-0.25, -0.2) is 0 Å². The summed E-state index contributed by atoms with van der Waals surface area (Å²) in [7, 11) is 1.69. The van der Waals surface area contributed by atoms with Crippen molar-refractivity contribution in [1.29, 1.82) is 0 Å². The topological polar surface area (TPSA) is 21.3 Å². The molecule has 0 spiro atoms. The van der Waals surface area contributed by atoms with Gasteiger partial charge in [0.2, 0.25) is 0 Å². The van der Waals surface area contributed by atoms with E-state index in [1.54, 1.807) is 7.11 Å². The molecule has 1 N–H and O–H groups in total. The molecule has 0 saturated heterocycles. The van der Waals surface area contributed by atoms with Crippen molar-refractivity contribution >= 4 is 23.2 Å². The first-order chi connectivity index (χ1) is 13.7. The van der Waals surface area contributed by atoms with Crippen LogP contribution in [0.15, 0.2) is 66.7 Å². The van der Waals surface area contributed by atoms with Gasteiger partial charge in [-0.1, -0.05) is 65.7 Å².